The summed E-state index contributed by atoms with van der Waals surface area (Å²) in [6.45, 7) is 6.52. The molecule has 138 valence electrons. The van der Waals surface area contributed by atoms with Gasteiger partial charge in [0.2, 0.25) is 6.41 Å². The summed E-state index contributed by atoms with van der Waals surface area (Å²) < 4.78 is 0. The van der Waals surface area contributed by atoms with E-state index in [1.54, 1.807) is 0 Å². The molecule has 3 aromatic rings. The number of nitrogens with one attached hydrogen (secondary N) is 3. The summed E-state index contributed by atoms with van der Waals surface area (Å²) in [6.07, 6.45) is 0.502. The van der Waals surface area contributed by atoms with Crippen molar-refractivity contribution in [2.45, 2.75) is 26.7 Å². The molecule has 0 radical (unpaired) electrons. The van der Waals surface area contributed by atoms with Crippen molar-refractivity contribution in [1.82, 2.24) is 10.3 Å². The molecule has 1 aromatic heterocycles. The van der Waals surface area contributed by atoms with E-state index in [4.69, 9.17) is 10.4 Å². The number of amides is 1. The molecule has 5 nitrogen and oxygen atoms in total. The topological polar surface area (TPSA) is 77.9 Å². The Labute approximate surface area is 159 Å². The predicted molar refractivity (Wildman–Crippen MR) is 111 cm³/mol. The summed E-state index contributed by atoms with van der Waals surface area (Å²) in [4.78, 5) is 15.7. The normalized spacial score (nSPS) is 12.0. The van der Waals surface area contributed by atoms with Crippen LogP contribution in [0.2, 0.25) is 0 Å². The molecule has 0 bridgehead atoms. The van der Waals surface area contributed by atoms with Gasteiger partial charge in [-0.1, -0.05) is 69.3 Å². The van der Waals surface area contributed by atoms with Crippen LogP contribution < -0.4 is 10.6 Å². The highest BCUT2D eigenvalue weighted by atomic mass is 16.1. The molecule has 1 atom stereocenters. The van der Waals surface area contributed by atoms with Crippen molar-refractivity contribution in [3.05, 3.63) is 60.2 Å². The Morgan fingerprint density at radius 2 is 1.70 bits per heavy atom. The number of carbonyl (C=O) groups is 1. The highest BCUT2D eigenvalue weighted by Gasteiger charge is 2.23. The molecule has 2 aromatic carbocycles. The third-order valence-electron chi connectivity index (χ3n) is 4.89. The zero-order valence-corrected chi connectivity index (χ0v) is 15.8. The van der Waals surface area contributed by atoms with E-state index in [0.717, 1.165) is 33.4 Å². The van der Waals surface area contributed by atoms with Gasteiger partial charge in [-0.05, 0) is 17.9 Å². The molecule has 5 heteroatoms. The molecule has 0 saturated heterocycles. The summed E-state index contributed by atoms with van der Waals surface area (Å²) >= 11 is 0. The molecule has 1 unspecified atom stereocenters. The number of hydrogen-bond donors (Lipinski definition) is 3. The molecule has 0 aliphatic carbocycles. The predicted octanol–water partition coefficient (Wildman–Crippen LogP) is 4.75. The minimum atomic E-state index is -0.0578. The van der Waals surface area contributed by atoms with E-state index in [0.29, 0.717) is 12.3 Å². The van der Waals surface area contributed by atoms with Crippen molar-refractivity contribution < 1.29 is 4.79 Å². The van der Waals surface area contributed by atoms with Crippen LogP contribution in [-0.4, -0.2) is 17.4 Å². The first-order chi connectivity index (χ1) is 13.0. The van der Waals surface area contributed by atoms with Gasteiger partial charge in [0.1, 0.15) is 0 Å². The maximum atomic E-state index is 10.8. The molecule has 0 spiro atoms. The van der Waals surface area contributed by atoms with E-state index in [9.17, 15) is 4.79 Å². The first-order valence-electron chi connectivity index (χ1n) is 9.06. The number of nitrogens with zero attached hydrogens (tertiary/aromatic N) is 1. The number of benzene rings is 2. The second-order valence-electron chi connectivity index (χ2n) is 6.93. The molecule has 3 rings (SSSR count). The summed E-state index contributed by atoms with van der Waals surface area (Å²) in [5.41, 5.74) is 4.64. The van der Waals surface area contributed by atoms with Crippen LogP contribution >= 0.6 is 0 Å². The van der Waals surface area contributed by atoms with Gasteiger partial charge in [-0.2, -0.15) is 0 Å². The average molecular weight is 360 g/mol. The number of aromatic nitrogens is 1. The largest absolute Gasteiger partial charge is 0.325 e. The van der Waals surface area contributed by atoms with Gasteiger partial charge >= 0.3 is 0 Å². The molecule has 3 N–H and O–H groups in total. The zero-order valence-electron chi connectivity index (χ0n) is 15.8. The van der Waals surface area contributed by atoms with Gasteiger partial charge in [-0.15, -0.1) is 0 Å². The van der Waals surface area contributed by atoms with Gasteiger partial charge in [0, 0.05) is 16.5 Å². The van der Waals surface area contributed by atoms with Crippen LogP contribution in [0.5, 0.6) is 0 Å². The van der Waals surface area contributed by atoms with Crippen LogP contribution in [0.15, 0.2) is 54.6 Å². The second kappa shape index (κ2) is 7.99. The summed E-state index contributed by atoms with van der Waals surface area (Å²) in [5.74, 6) is 0.519. The third-order valence-corrected chi connectivity index (χ3v) is 4.89. The first kappa shape index (κ1) is 18.6. The fourth-order valence-corrected chi connectivity index (χ4v) is 3.17. The highest BCUT2D eigenvalue weighted by molar-refractivity contribution is 6.06. The van der Waals surface area contributed by atoms with Crippen molar-refractivity contribution in [1.29, 1.82) is 5.41 Å². The third kappa shape index (κ3) is 3.82. The fourth-order valence-electron chi connectivity index (χ4n) is 3.17. The lowest BCUT2D eigenvalue weighted by molar-refractivity contribution is -0.108. The van der Waals surface area contributed by atoms with E-state index < -0.39 is 0 Å². The lowest BCUT2D eigenvalue weighted by atomic mass is 9.85. The maximum Gasteiger partial charge on any atom is 0.213 e. The number of guanidine groups is 1. The van der Waals surface area contributed by atoms with Crippen molar-refractivity contribution in [3.63, 3.8) is 0 Å². The highest BCUT2D eigenvalue weighted by Crippen LogP contribution is 2.41. The van der Waals surface area contributed by atoms with Crippen LogP contribution in [-0.2, 0) is 4.79 Å². The molecule has 0 saturated carbocycles. The number of rotatable bonds is 5. The van der Waals surface area contributed by atoms with Gasteiger partial charge in [-0.3, -0.25) is 15.5 Å². The summed E-state index contributed by atoms with van der Waals surface area (Å²) in [5, 5.41) is 14.5. The minimum absolute atomic E-state index is 0.0578. The van der Waals surface area contributed by atoms with Crippen LogP contribution in [0.3, 0.4) is 0 Å². The number of hydrogen-bond acceptors (Lipinski definition) is 3. The number of anilines is 1. The van der Waals surface area contributed by atoms with Crippen molar-refractivity contribution >= 4 is 29.0 Å². The van der Waals surface area contributed by atoms with Gasteiger partial charge in [-0.25, -0.2) is 4.98 Å². The monoisotopic (exact) mass is 360 g/mol. The molecule has 0 aliphatic rings. The Bertz CT molecular complexity index is 967. The van der Waals surface area contributed by atoms with Gasteiger partial charge in [0.15, 0.2) is 5.96 Å². The SMILES string of the molecule is CC(C)C(C)c1c(-c2ccccc2)nc2ccccc2c1NC(=N)NC=O. The molecule has 1 heterocycles. The van der Waals surface area contributed by atoms with Gasteiger partial charge in [0.25, 0.3) is 0 Å². The van der Waals surface area contributed by atoms with Gasteiger partial charge in [0.05, 0.1) is 16.9 Å². The average Bonchev–Trinajstić information content (AvgIpc) is 2.68. The van der Waals surface area contributed by atoms with E-state index in [1.165, 1.54) is 0 Å². The first-order valence-corrected chi connectivity index (χ1v) is 9.06. The van der Waals surface area contributed by atoms with E-state index in [2.05, 4.69) is 31.4 Å². The number of pyridine rings is 1. The van der Waals surface area contributed by atoms with Crippen LogP contribution in [0.4, 0.5) is 5.69 Å². The Balaban J connectivity index is 2.34. The standard InChI is InChI=1S/C22H24N4O/c1-14(2)15(3)19-20(16-9-5-4-6-10-16)25-18-12-8-7-11-17(18)21(19)26-22(23)24-13-27/h4-15H,1-3H3,(H3,23,24,25,26,27). The number of para-hydroxylation sites is 1. The number of carbonyl (C=O) groups excluding carboxylic acids is 1. The van der Waals surface area contributed by atoms with Crippen molar-refractivity contribution in [2.75, 3.05) is 5.32 Å². The van der Waals surface area contributed by atoms with Crippen LogP contribution in [0.25, 0.3) is 22.2 Å². The zero-order chi connectivity index (χ0) is 19.4. The second-order valence-corrected chi connectivity index (χ2v) is 6.93. The Kier molecular flexibility index (Phi) is 5.50. The molecule has 0 aliphatic heterocycles. The number of fused-ring (bicyclic) bond motifs is 1. The minimum Gasteiger partial charge on any atom is -0.325 e. The van der Waals surface area contributed by atoms with Crippen molar-refractivity contribution in [3.8, 4) is 11.3 Å². The van der Waals surface area contributed by atoms with Crippen LogP contribution in [0.1, 0.15) is 32.3 Å². The Hall–Kier alpha value is -3.21. The quantitative estimate of drug-likeness (QED) is 0.349. The Morgan fingerprint density at radius 1 is 1.04 bits per heavy atom. The fraction of sp³-hybridized carbons (Fsp3) is 0.227. The lowest BCUT2D eigenvalue weighted by Gasteiger charge is -2.25. The van der Waals surface area contributed by atoms with E-state index in [-0.39, 0.29) is 11.9 Å². The molecular weight excluding hydrogens is 336 g/mol. The molecule has 0 fully saturated rings. The van der Waals surface area contributed by atoms with E-state index >= 15 is 0 Å². The van der Waals surface area contributed by atoms with E-state index in [1.807, 2.05) is 54.6 Å². The summed E-state index contributed by atoms with van der Waals surface area (Å²) in [7, 11) is 0. The smallest absolute Gasteiger partial charge is 0.213 e. The van der Waals surface area contributed by atoms with Crippen molar-refractivity contribution in [2.24, 2.45) is 5.92 Å². The van der Waals surface area contributed by atoms with Gasteiger partial charge < -0.3 is 5.32 Å². The molecule has 1 amide bonds. The molecular formula is C22H24N4O. The van der Waals surface area contributed by atoms with Crippen LogP contribution in [0, 0.1) is 11.3 Å². The lowest BCUT2D eigenvalue weighted by Crippen LogP contribution is -2.29. The maximum absolute atomic E-state index is 10.8. The Morgan fingerprint density at radius 3 is 2.37 bits per heavy atom. The molecule has 27 heavy (non-hydrogen) atoms. The summed E-state index contributed by atoms with van der Waals surface area (Å²) in [6, 6.07) is 17.9.